The van der Waals surface area contributed by atoms with Crippen molar-refractivity contribution in [3.8, 4) is 0 Å². The summed E-state index contributed by atoms with van der Waals surface area (Å²) in [6.45, 7) is -0.286. The fourth-order valence-electron chi connectivity index (χ4n) is 2.18. The van der Waals surface area contributed by atoms with E-state index in [1.165, 1.54) is 0 Å². The molecule has 108 valence electrons. The minimum Gasteiger partial charge on any atom is -0.293 e. The highest BCUT2D eigenvalue weighted by Gasteiger charge is 2.39. The number of rotatable bonds is 6. The Morgan fingerprint density at radius 2 is 1.55 bits per heavy atom. The van der Waals surface area contributed by atoms with Gasteiger partial charge in [0.25, 0.3) is 0 Å². The van der Waals surface area contributed by atoms with Gasteiger partial charge in [-0.3, -0.25) is 4.79 Å². The molecule has 0 saturated heterocycles. The van der Waals surface area contributed by atoms with Crippen LogP contribution in [0.2, 0.25) is 0 Å². The van der Waals surface area contributed by atoms with Crippen molar-refractivity contribution < 1.29 is 4.79 Å². The summed E-state index contributed by atoms with van der Waals surface area (Å²) in [6, 6.07) is 17.0. The number of benzene rings is 2. The molecule has 0 bridgehead atoms. The number of carbonyl (C=O) groups excluding carboxylic acids is 1. The predicted molar refractivity (Wildman–Crippen MR) is 82.1 cm³/mol. The van der Waals surface area contributed by atoms with Crippen molar-refractivity contribution in [2.45, 2.75) is 5.54 Å². The van der Waals surface area contributed by atoms with Gasteiger partial charge in [0, 0.05) is 21.9 Å². The molecule has 0 amide bonds. The molecule has 0 N–H and O–H groups in total. The first-order valence-electron chi connectivity index (χ1n) is 6.47. The maximum Gasteiger partial charge on any atom is 0.179 e. The number of azide groups is 2. The molecule has 1 atom stereocenters. The summed E-state index contributed by atoms with van der Waals surface area (Å²) >= 11 is 0. The van der Waals surface area contributed by atoms with E-state index in [0.29, 0.717) is 11.1 Å². The normalized spacial score (nSPS) is 12.4. The van der Waals surface area contributed by atoms with Crippen molar-refractivity contribution >= 4 is 5.78 Å². The number of Topliss-reactive ketones (excluding diaryl/α,β-unsaturated/α-hetero) is 1. The van der Waals surface area contributed by atoms with E-state index in [4.69, 9.17) is 11.1 Å². The molecule has 2 rings (SSSR count). The molecule has 7 nitrogen and oxygen atoms in total. The van der Waals surface area contributed by atoms with E-state index < -0.39 is 11.3 Å². The lowest BCUT2D eigenvalue weighted by Crippen LogP contribution is -2.36. The monoisotopic (exact) mass is 292 g/mol. The number of hydrogen-bond acceptors (Lipinski definition) is 3. The van der Waals surface area contributed by atoms with Crippen LogP contribution in [0.4, 0.5) is 0 Å². The second-order valence-electron chi connectivity index (χ2n) is 4.50. The summed E-state index contributed by atoms with van der Waals surface area (Å²) in [5.41, 5.74) is 16.8. The average Bonchev–Trinajstić information content (AvgIpc) is 2.59. The van der Waals surface area contributed by atoms with Crippen LogP contribution < -0.4 is 0 Å². The Hall–Kier alpha value is -3.27. The van der Waals surface area contributed by atoms with Crippen molar-refractivity contribution in [2.24, 2.45) is 10.2 Å². The molecule has 0 aromatic heterocycles. The maximum absolute atomic E-state index is 12.9. The van der Waals surface area contributed by atoms with Crippen molar-refractivity contribution in [3.63, 3.8) is 0 Å². The van der Waals surface area contributed by atoms with Crippen LogP contribution in [0, 0.1) is 0 Å². The number of nitrogens with zero attached hydrogens (tertiary/aromatic N) is 6. The van der Waals surface area contributed by atoms with E-state index in [1.54, 1.807) is 60.7 Å². The minimum absolute atomic E-state index is 0.286. The van der Waals surface area contributed by atoms with E-state index >= 15 is 0 Å². The van der Waals surface area contributed by atoms with Crippen LogP contribution in [0.3, 0.4) is 0 Å². The second-order valence-corrected chi connectivity index (χ2v) is 4.50. The van der Waals surface area contributed by atoms with Gasteiger partial charge >= 0.3 is 0 Å². The molecule has 2 aromatic carbocycles. The van der Waals surface area contributed by atoms with Crippen LogP contribution in [0.15, 0.2) is 70.9 Å². The molecule has 7 heteroatoms. The Bertz CT molecular complexity index is 748. The smallest absolute Gasteiger partial charge is 0.179 e. The molecule has 0 unspecified atom stereocenters. The molecule has 0 heterocycles. The molecular formula is C15H12N6O. The highest BCUT2D eigenvalue weighted by atomic mass is 16.1. The number of ketones is 1. The van der Waals surface area contributed by atoms with Gasteiger partial charge in [0.1, 0.15) is 5.54 Å². The lowest BCUT2D eigenvalue weighted by atomic mass is 9.83. The molecule has 0 aliphatic rings. The molecule has 0 aliphatic carbocycles. The van der Waals surface area contributed by atoms with Gasteiger partial charge in [-0.1, -0.05) is 70.9 Å². The van der Waals surface area contributed by atoms with E-state index in [0.717, 1.165) is 0 Å². The average molecular weight is 292 g/mol. The van der Waals surface area contributed by atoms with Gasteiger partial charge in [0.2, 0.25) is 0 Å². The van der Waals surface area contributed by atoms with Gasteiger partial charge in [0.15, 0.2) is 5.78 Å². The SMILES string of the molecule is [N-]=[N+]=NC[C@@](N=[N+]=[N-])(C(=O)c1ccccc1)c1ccccc1. The van der Waals surface area contributed by atoms with Gasteiger partial charge in [0.05, 0.1) is 0 Å². The van der Waals surface area contributed by atoms with Crippen molar-refractivity contribution in [2.75, 3.05) is 6.54 Å². The molecule has 0 spiro atoms. The quantitative estimate of drug-likeness (QED) is 0.334. The maximum atomic E-state index is 12.9. The minimum atomic E-state index is -1.59. The van der Waals surface area contributed by atoms with Crippen molar-refractivity contribution in [1.82, 2.24) is 0 Å². The van der Waals surface area contributed by atoms with E-state index in [2.05, 4.69) is 20.1 Å². The predicted octanol–water partition coefficient (Wildman–Crippen LogP) is 4.39. The summed E-state index contributed by atoms with van der Waals surface area (Å²) in [5.74, 6) is -0.412. The third-order valence-corrected chi connectivity index (χ3v) is 3.24. The Balaban J connectivity index is 2.65. The van der Waals surface area contributed by atoms with Gasteiger partial charge < -0.3 is 0 Å². The first-order chi connectivity index (χ1) is 10.7. The van der Waals surface area contributed by atoms with Crippen LogP contribution >= 0.6 is 0 Å². The van der Waals surface area contributed by atoms with Gasteiger partial charge in [-0.05, 0) is 16.6 Å². The van der Waals surface area contributed by atoms with Crippen LogP contribution in [0.1, 0.15) is 15.9 Å². The van der Waals surface area contributed by atoms with Crippen LogP contribution in [0.25, 0.3) is 20.9 Å². The van der Waals surface area contributed by atoms with E-state index in [9.17, 15) is 4.79 Å². The fourth-order valence-corrected chi connectivity index (χ4v) is 2.18. The largest absolute Gasteiger partial charge is 0.293 e. The third kappa shape index (κ3) is 2.91. The zero-order valence-electron chi connectivity index (χ0n) is 11.6. The van der Waals surface area contributed by atoms with Gasteiger partial charge in [-0.15, -0.1) is 0 Å². The van der Waals surface area contributed by atoms with Crippen LogP contribution in [-0.4, -0.2) is 12.3 Å². The van der Waals surface area contributed by atoms with Gasteiger partial charge in [-0.25, -0.2) is 0 Å². The zero-order valence-corrected chi connectivity index (χ0v) is 11.6. The molecule has 0 radical (unpaired) electrons. The summed E-state index contributed by atoms with van der Waals surface area (Å²) in [5, 5.41) is 7.19. The van der Waals surface area contributed by atoms with Crippen LogP contribution in [-0.2, 0) is 5.54 Å². The molecule has 0 saturated carbocycles. The van der Waals surface area contributed by atoms with Crippen LogP contribution in [0.5, 0.6) is 0 Å². The second kappa shape index (κ2) is 6.95. The first-order valence-corrected chi connectivity index (χ1v) is 6.47. The van der Waals surface area contributed by atoms with E-state index in [-0.39, 0.29) is 6.54 Å². The molecule has 0 aliphatic heterocycles. The fraction of sp³-hybridized carbons (Fsp3) is 0.133. The lowest BCUT2D eigenvalue weighted by molar-refractivity contribution is 0.0892. The summed E-state index contributed by atoms with van der Waals surface area (Å²) in [7, 11) is 0. The topological polar surface area (TPSA) is 115 Å². The summed E-state index contributed by atoms with van der Waals surface area (Å²) in [4.78, 5) is 18.4. The third-order valence-electron chi connectivity index (χ3n) is 3.24. The highest BCUT2D eigenvalue weighted by Crippen LogP contribution is 2.31. The lowest BCUT2D eigenvalue weighted by Gasteiger charge is -2.26. The highest BCUT2D eigenvalue weighted by molar-refractivity contribution is 6.04. The van der Waals surface area contributed by atoms with Gasteiger partial charge in [-0.2, -0.15) is 0 Å². The Kier molecular flexibility index (Phi) is 4.78. The zero-order chi connectivity index (χ0) is 15.8. The van der Waals surface area contributed by atoms with Crippen molar-refractivity contribution in [1.29, 1.82) is 0 Å². The Morgan fingerprint density at radius 3 is 2.09 bits per heavy atom. The number of hydrogen-bond donors (Lipinski definition) is 0. The Labute approximate surface area is 126 Å². The molecule has 22 heavy (non-hydrogen) atoms. The molecular weight excluding hydrogens is 280 g/mol. The van der Waals surface area contributed by atoms with E-state index in [1.807, 2.05) is 0 Å². The van der Waals surface area contributed by atoms with Crippen molar-refractivity contribution in [3.05, 3.63) is 92.7 Å². The molecule has 0 fully saturated rings. The first kappa shape index (κ1) is 15.1. The Morgan fingerprint density at radius 1 is 0.955 bits per heavy atom. The molecule has 2 aromatic rings. The summed E-state index contributed by atoms with van der Waals surface area (Å²) in [6.07, 6.45) is 0. The standard InChI is InChI=1S/C15H12N6O/c16-20-18-11-15(19-21-17,13-9-5-2-6-10-13)14(22)12-7-3-1-4-8-12/h1-10H,11H2/t15-/m0/s1. The summed E-state index contributed by atoms with van der Waals surface area (Å²) < 4.78 is 0. The number of carbonyl (C=O) groups is 1.